The molecule has 1 saturated heterocycles. The molecule has 0 aliphatic carbocycles. The molecule has 5 rings (SSSR count). The minimum Gasteiger partial charge on any atom is -0.356 e. The van der Waals surface area contributed by atoms with E-state index in [2.05, 4.69) is 15.2 Å². The maximum Gasteiger partial charge on any atom is 0.250 e. The number of aromatic nitrogens is 2. The summed E-state index contributed by atoms with van der Waals surface area (Å²) in [6.07, 6.45) is 1.08. The first-order valence-electron chi connectivity index (χ1n) is 10.5. The number of likely N-dealkylation sites (tertiary alicyclic amines) is 1. The van der Waals surface area contributed by atoms with Gasteiger partial charge < -0.3 is 14.8 Å². The third kappa shape index (κ3) is 4.51. The highest BCUT2D eigenvalue weighted by Gasteiger charge is 2.35. The van der Waals surface area contributed by atoms with Gasteiger partial charge in [-0.3, -0.25) is 9.59 Å². The number of anilines is 1. The number of nitrogens with one attached hydrogen (secondary N) is 1. The molecule has 2 atom stereocenters. The highest BCUT2D eigenvalue weighted by Crippen LogP contribution is 2.36. The van der Waals surface area contributed by atoms with Gasteiger partial charge in [0.2, 0.25) is 5.91 Å². The van der Waals surface area contributed by atoms with Crippen LogP contribution in [0.25, 0.3) is 11.3 Å². The van der Waals surface area contributed by atoms with Crippen molar-refractivity contribution in [3.05, 3.63) is 70.0 Å². The topological polar surface area (TPSA) is 67.2 Å². The SMILES string of the molecule is O=C(CSC(=S)N1C[C@@H]2C[C@@H](C1)c1cccc(=O)n1C2)Nc1nc(-c2ccccc2)cs1. The first-order valence-corrected chi connectivity index (χ1v) is 12.8. The van der Waals surface area contributed by atoms with Crippen LogP contribution in [0.3, 0.4) is 0 Å². The van der Waals surface area contributed by atoms with Crippen LogP contribution in [-0.2, 0) is 11.3 Å². The van der Waals surface area contributed by atoms with Gasteiger partial charge in [0.15, 0.2) is 5.13 Å². The molecule has 1 fully saturated rings. The molecule has 9 heteroatoms. The van der Waals surface area contributed by atoms with Crippen molar-refractivity contribution in [2.45, 2.75) is 18.9 Å². The van der Waals surface area contributed by atoms with Crippen molar-refractivity contribution < 1.29 is 4.79 Å². The molecule has 0 spiro atoms. The van der Waals surface area contributed by atoms with E-state index in [9.17, 15) is 9.59 Å². The van der Waals surface area contributed by atoms with Gasteiger partial charge in [-0.2, -0.15) is 0 Å². The number of thiazole rings is 1. The number of nitrogens with zero attached hydrogens (tertiary/aromatic N) is 3. The molecule has 32 heavy (non-hydrogen) atoms. The summed E-state index contributed by atoms with van der Waals surface area (Å²) in [7, 11) is 0. The largest absolute Gasteiger partial charge is 0.356 e. The number of benzene rings is 1. The molecule has 1 N–H and O–H groups in total. The fraction of sp³-hybridized carbons (Fsp3) is 0.304. The van der Waals surface area contributed by atoms with Gasteiger partial charge in [0.05, 0.1) is 11.4 Å². The fourth-order valence-electron chi connectivity index (χ4n) is 4.49. The fourth-order valence-corrected chi connectivity index (χ4v) is 6.21. The Kier molecular flexibility index (Phi) is 6.12. The normalized spacial score (nSPS) is 19.3. The summed E-state index contributed by atoms with van der Waals surface area (Å²) in [6, 6.07) is 15.4. The van der Waals surface area contributed by atoms with E-state index in [1.807, 2.05) is 52.4 Å². The van der Waals surface area contributed by atoms with Crippen molar-refractivity contribution in [2.24, 2.45) is 5.92 Å². The lowest BCUT2D eigenvalue weighted by molar-refractivity contribution is -0.113. The summed E-state index contributed by atoms with van der Waals surface area (Å²) >= 11 is 8.46. The molecule has 0 unspecified atom stereocenters. The van der Waals surface area contributed by atoms with Crippen molar-refractivity contribution in [1.29, 1.82) is 0 Å². The van der Waals surface area contributed by atoms with Gasteiger partial charge in [0, 0.05) is 48.3 Å². The van der Waals surface area contributed by atoms with Crippen LogP contribution in [0.2, 0.25) is 0 Å². The van der Waals surface area contributed by atoms with E-state index in [0.29, 0.717) is 17.0 Å². The van der Waals surface area contributed by atoms with Gasteiger partial charge in [0.1, 0.15) is 4.32 Å². The summed E-state index contributed by atoms with van der Waals surface area (Å²) in [4.78, 5) is 31.4. The Morgan fingerprint density at radius 1 is 1.16 bits per heavy atom. The van der Waals surface area contributed by atoms with E-state index in [1.54, 1.807) is 6.07 Å². The smallest absolute Gasteiger partial charge is 0.250 e. The minimum absolute atomic E-state index is 0.0804. The summed E-state index contributed by atoms with van der Waals surface area (Å²) in [6.45, 7) is 2.36. The zero-order valence-corrected chi connectivity index (χ0v) is 19.7. The van der Waals surface area contributed by atoms with Crippen molar-refractivity contribution in [1.82, 2.24) is 14.5 Å². The summed E-state index contributed by atoms with van der Waals surface area (Å²) < 4.78 is 2.66. The predicted molar refractivity (Wildman–Crippen MR) is 134 cm³/mol. The zero-order valence-electron chi connectivity index (χ0n) is 17.3. The predicted octanol–water partition coefficient (Wildman–Crippen LogP) is 4.05. The molecule has 164 valence electrons. The quantitative estimate of drug-likeness (QED) is 0.566. The molecule has 4 heterocycles. The number of amides is 1. The van der Waals surface area contributed by atoms with Crippen LogP contribution in [0, 0.1) is 5.92 Å². The summed E-state index contributed by atoms with van der Waals surface area (Å²) in [5.41, 5.74) is 3.06. The van der Waals surface area contributed by atoms with E-state index >= 15 is 0 Å². The molecule has 0 radical (unpaired) electrons. The number of rotatable bonds is 4. The van der Waals surface area contributed by atoms with Crippen LogP contribution < -0.4 is 10.9 Å². The van der Waals surface area contributed by atoms with Gasteiger partial charge in [-0.25, -0.2) is 4.98 Å². The number of piperidine rings is 1. The Morgan fingerprint density at radius 2 is 2.00 bits per heavy atom. The number of thioether (sulfide) groups is 1. The van der Waals surface area contributed by atoms with Crippen molar-refractivity contribution in [3.63, 3.8) is 0 Å². The highest BCUT2D eigenvalue weighted by atomic mass is 32.2. The van der Waals surface area contributed by atoms with E-state index in [-0.39, 0.29) is 17.2 Å². The second-order valence-corrected chi connectivity index (χ2v) is 10.6. The van der Waals surface area contributed by atoms with Gasteiger partial charge in [-0.15, -0.1) is 11.3 Å². The zero-order chi connectivity index (χ0) is 22.1. The highest BCUT2D eigenvalue weighted by molar-refractivity contribution is 8.23. The maximum absolute atomic E-state index is 12.5. The molecule has 0 saturated carbocycles. The second kappa shape index (κ2) is 9.17. The van der Waals surface area contributed by atoms with E-state index in [0.717, 1.165) is 47.3 Å². The Bertz CT molecular complexity index is 1210. The Balaban J connectivity index is 1.16. The maximum atomic E-state index is 12.5. The average molecular weight is 483 g/mol. The van der Waals surface area contributed by atoms with Crippen LogP contribution in [-0.4, -0.2) is 43.5 Å². The average Bonchev–Trinajstić information content (AvgIpc) is 3.27. The Hall–Kier alpha value is -2.49. The molecule has 6 nitrogen and oxygen atoms in total. The van der Waals surface area contributed by atoms with Gasteiger partial charge >= 0.3 is 0 Å². The lowest BCUT2D eigenvalue weighted by Gasteiger charge is -2.43. The van der Waals surface area contributed by atoms with Crippen molar-refractivity contribution in [3.8, 4) is 11.3 Å². The molecule has 2 aliphatic heterocycles. The monoisotopic (exact) mass is 482 g/mol. The molecule has 2 aliphatic rings. The molecule has 2 aromatic heterocycles. The van der Waals surface area contributed by atoms with Gasteiger partial charge in [0.25, 0.3) is 5.56 Å². The van der Waals surface area contributed by atoms with Gasteiger partial charge in [-0.1, -0.05) is 60.4 Å². The molecular weight excluding hydrogens is 460 g/mol. The Morgan fingerprint density at radius 3 is 2.84 bits per heavy atom. The molecule has 1 amide bonds. The molecule has 1 aromatic carbocycles. The van der Waals surface area contributed by atoms with Gasteiger partial charge in [-0.05, 0) is 18.4 Å². The standard InChI is InChI=1S/C23H22N4O2S3/c28-20(25-22-24-18(13-31-22)16-5-2-1-3-6-16)14-32-23(30)26-10-15-9-17(12-26)19-7-4-8-21(29)27(19)11-15/h1-8,13,15,17H,9-12,14H2,(H,24,25,28)/t15-,17-/m0/s1. The van der Waals surface area contributed by atoms with Crippen molar-refractivity contribution >= 4 is 50.7 Å². The van der Waals surface area contributed by atoms with Crippen LogP contribution in [0.4, 0.5) is 5.13 Å². The summed E-state index contributed by atoms with van der Waals surface area (Å²) in [5.74, 6) is 0.845. The first kappa shape index (κ1) is 21.4. The number of pyridine rings is 1. The molecule has 3 aromatic rings. The van der Waals surface area contributed by atoms with Crippen LogP contribution in [0.5, 0.6) is 0 Å². The van der Waals surface area contributed by atoms with E-state index in [4.69, 9.17) is 12.2 Å². The summed E-state index contributed by atoms with van der Waals surface area (Å²) in [5, 5.41) is 5.42. The lowest BCUT2D eigenvalue weighted by atomic mass is 9.83. The Labute approximate surface area is 199 Å². The third-order valence-corrected chi connectivity index (χ3v) is 8.17. The molecular formula is C23H22N4O2S3. The van der Waals surface area contributed by atoms with E-state index < -0.39 is 0 Å². The molecule has 2 bridgehead atoms. The lowest BCUT2D eigenvalue weighted by Crippen LogP contribution is -2.48. The minimum atomic E-state index is -0.111. The van der Waals surface area contributed by atoms with Crippen LogP contribution in [0.1, 0.15) is 18.0 Å². The number of fused-ring (bicyclic) bond motifs is 4. The number of carbonyl (C=O) groups excluding carboxylic acids is 1. The number of thiocarbonyl (C=S) groups is 1. The second-order valence-electron chi connectivity index (χ2n) is 8.11. The number of hydrogen-bond acceptors (Lipinski definition) is 6. The van der Waals surface area contributed by atoms with Crippen molar-refractivity contribution in [2.75, 3.05) is 24.2 Å². The third-order valence-electron chi connectivity index (χ3n) is 5.88. The van der Waals surface area contributed by atoms with Crippen LogP contribution >= 0.6 is 35.3 Å². The van der Waals surface area contributed by atoms with E-state index in [1.165, 1.54) is 23.1 Å². The number of hydrogen-bond donors (Lipinski definition) is 1. The first-order chi connectivity index (χ1) is 15.6. The number of carbonyl (C=O) groups is 1. The van der Waals surface area contributed by atoms with Crippen LogP contribution in [0.15, 0.2) is 58.7 Å².